The zero-order valence-corrected chi connectivity index (χ0v) is 17.9. The molecule has 8 nitrogen and oxygen atoms in total. The summed E-state index contributed by atoms with van der Waals surface area (Å²) in [5, 5.41) is 8.39. The maximum Gasteiger partial charge on any atom is 0.407 e. The van der Waals surface area contributed by atoms with Crippen LogP contribution in [0.15, 0.2) is 60.7 Å². The number of unbranched alkanes of at least 4 members (excludes halogenated alkanes) is 1. The van der Waals surface area contributed by atoms with Crippen LogP contribution in [0.25, 0.3) is 0 Å². The van der Waals surface area contributed by atoms with Gasteiger partial charge >= 0.3 is 12.1 Å². The van der Waals surface area contributed by atoms with Crippen LogP contribution in [0.3, 0.4) is 0 Å². The number of alkyl carbamates (subject to hydrolysis) is 1. The Morgan fingerprint density at radius 2 is 1.50 bits per heavy atom. The maximum atomic E-state index is 12.5. The van der Waals surface area contributed by atoms with Gasteiger partial charge in [-0.1, -0.05) is 60.7 Å². The Bertz CT molecular complexity index is 872. The van der Waals surface area contributed by atoms with E-state index in [0.717, 1.165) is 11.1 Å². The highest BCUT2D eigenvalue weighted by Gasteiger charge is 2.32. The molecule has 0 saturated carbocycles. The van der Waals surface area contributed by atoms with Crippen molar-refractivity contribution >= 4 is 18.0 Å². The summed E-state index contributed by atoms with van der Waals surface area (Å²) in [5.41, 5.74) is 1.80. The number of hydrogen-bond acceptors (Lipinski definition) is 6. The summed E-state index contributed by atoms with van der Waals surface area (Å²) in [6.45, 7) is 1.40. The maximum absolute atomic E-state index is 12.5. The van der Waals surface area contributed by atoms with Crippen molar-refractivity contribution in [1.29, 1.82) is 0 Å². The van der Waals surface area contributed by atoms with Crippen molar-refractivity contribution in [2.24, 2.45) is 0 Å². The molecule has 2 amide bonds. The number of esters is 1. The molecule has 0 unspecified atom stereocenters. The Kier molecular flexibility index (Phi) is 9.06. The van der Waals surface area contributed by atoms with E-state index in [1.807, 2.05) is 60.7 Å². The normalized spacial score (nSPS) is 15.3. The van der Waals surface area contributed by atoms with Crippen LogP contribution in [0.4, 0.5) is 4.79 Å². The van der Waals surface area contributed by atoms with Gasteiger partial charge in [-0.3, -0.25) is 4.79 Å². The lowest BCUT2D eigenvalue weighted by Crippen LogP contribution is -2.44. The SMILES string of the molecule is O=C(NCCCC[C@H](NC(=O)[C@@H]1CN1)C(=O)OCc1ccccc1)OCc1ccccc1. The molecule has 0 bridgehead atoms. The van der Waals surface area contributed by atoms with Crippen LogP contribution >= 0.6 is 0 Å². The molecule has 0 radical (unpaired) electrons. The second-order valence-electron chi connectivity index (χ2n) is 7.60. The van der Waals surface area contributed by atoms with Gasteiger partial charge in [0.2, 0.25) is 5.91 Å². The third-order valence-corrected chi connectivity index (χ3v) is 4.95. The smallest absolute Gasteiger partial charge is 0.407 e. The lowest BCUT2D eigenvalue weighted by Gasteiger charge is -2.17. The van der Waals surface area contributed by atoms with Gasteiger partial charge in [-0.25, -0.2) is 9.59 Å². The molecule has 32 heavy (non-hydrogen) atoms. The third-order valence-electron chi connectivity index (χ3n) is 4.95. The molecule has 3 rings (SSSR count). The van der Waals surface area contributed by atoms with Crippen LogP contribution in [0, 0.1) is 0 Å². The summed E-state index contributed by atoms with van der Waals surface area (Å²) < 4.78 is 10.6. The lowest BCUT2D eigenvalue weighted by atomic mass is 10.1. The first kappa shape index (κ1) is 23.3. The minimum Gasteiger partial charge on any atom is -0.459 e. The van der Waals surface area contributed by atoms with E-state index in [0.29, 0.717) is 32.4 Å². The second-order valence-corrected chi connectivity index (χ2v) is 7.60. The first-order valence-corrected chi connectivity index (χ1v) is 10.8. The summed E-state index contributed by atoms with van der Waals surface area (Å²) in [7, 11) is 0. The van der Waals surface area contributed by atoms with Gasteiger partial charge in [0.1, 0.15) is 19.3 Å². The molecule has 3 N–H and O–H groups in total. The molecule has 170 valence electrons. The average molecular weight is 440 g/mol. The molecular formula is C24H29N3O5. The summed E-state index contributed by atoms with van der Waals surface area (Å²) in [6, 6.07) is 17.9. The van der Waals surface area contributed by atoms with Crippen LogP contribution in [-0.4, -0.2) is 43.1 Å². The number of carbonyl (C=O) groups is 3. The number of ether oxygens (including phenoxy) is 2. The predicted octanol–water partition coefficient (Wildman–Crippen LogP) is 2.28. The summed E-state index contributed by atoms with van der Waals surface area (Å²) in [6.07, 6.45) is 1.20. The van der Waals surface area contributed by atoms with Crippen LogP contribution < -0.4 is 16.0 Å². The fraction of sp³-hybridized carbons (Fsp3) is 0.375. The van der Waals surface area contributed by atoms with E-state index in [1.165, 1.54) is 0 Å². The van der Waals surface area contributed by atoms with Crippen molar-refractivity contribution in [3.63, 3.8) is 0 Å². The molecule has 2 atom stereocenters. The van der Waals surface area contributed by atoms with E-state index in [2.05, 4.69) is 16.0 Å². The predicted molar refractivity (Wildman–Crippen MR) is 118 cm³/mol. The van der Waals surface area contributed by atoms with Crippen LogP contribution in [-0.2, 0) is 32.3 Å². The molecule has 8 heteroatoms. The molecule has 1 heterocycles. The number of amides is 2. The standard InChI is InChI=1S/C24H29N3O5/c28-22(21-15-26-21)27-20(23(29)31-16-18-9-3-1-4-10-18)13-7-8-14-25-24(30)32-17-19-11-5-2-6-12-19/h1-6,9-12,20-21,26H,7-8,13-17H2,(H,25,30)(H,27,28)/t20-,21-/m0/s1. The Balaban J connectivity index is 1.36. The van der Waals surface area contributed by atoms with Gasteiger partial charge in [0, 0.05) is 13.1 Å². The van der Waals surface area contributed by atoms with E-state index < -0.39 is 18.1 Å². The fourth-order valence-electron chi connectivity index (χ4n) is 3.03. The van der Waals surface area contributed by atoms with Gasteiger partial charge in [-0.05, 0) is 30.4 Å². The monoisotopic (exact) mass is 439 g/mol. The van der Waals surface area contributed by atoms with Crippen molar-refractivity contribution in [1.82, 2.24) is 16.0 Å². The highest BCUT2D eigenvalue weighted by Crippen LogP contribution is 2.08. The Morgan fingerprint density at radius 1 is 0.906 bits per heavy atom. The Labute approximate surface area is 187 Å². The van der Waals surface area contributed by atoms with Gasteiger partial charge in [0.15, 0.2) is 0 Å². The fourth-order valence-corrected chi connectivity index (χ4v) is 3.03. The largest absolute Gasteiger partial charge is 0.459 e. The van der Waals surface area contributed by atoms with Crippen molar-refractivity contribution in [3.05, 3.63) is 71.8 Å². The number of rotatable bonds is 12. The summed E-state index contributed by atoms with van der Waals surface area (Å²) >= 11 is 0. The van der Waals surface area contributed by atoms with Crippen molar-refractivity contribution in [2.75, 3.05) is 13.1 Å². The van der Waals surface area contributed by atoms with E-state index in [-0.39, 0.29) is 25.2 Å². The number of hydrogen-bond donors (Lipinski definition) is 3. The molecule has 2 aromatic carbocycles. The third kappa shape index (κ3) is 8.39. The molecule has 0 aromatic heterocycles. The van der Waals surface area contributed by atoms with E-state index in [9.17, 15) is 14.4 Å². The minimum atomic E-state index is -0.723. The quantitative estimate of drug-likeness (QED) is 0.265. The van der Waals surface area contributed by atoms with Crippen LogP contribution in [0.5, 0.6) is 0 Å². The average Bonchev–Trinajstić information content (AvgIpc) is 3.67. The van der Waals surface area contributed by atoms with Crippen LogP contribution in [0.1, 0.15) is 30.4 Å². The Morgan fingerprint density at radius 3 is 2.09 bits per heavy atom. The van der Waals surface area contributed by atoms with Gasteiger partial charge in [0.25, 0.3) is 0 Å². The van der Waals surface area contributed by atoms with Crippen molar-refractivity contribution < 1.29 is 23.9 Å². The molecule has 0 aliphatic carbocycles. The molecule has 0 spiro atoms. The Hall–Kier alpha value is -3.39. The molecule has 1 aliphatic rings. The number of carbonyl (C=O) groups excluding carboxylic acids is 3. The van der Waals surface area contributed by atoms with E-state index in [1.54, 1.807) is 0 Å². The zero-order valence-electron chi connectivity index (χ0n) is 17.9. The lowest BCUT2D eigenvalue weighted by molar-refractivity contribution is -0.149. The summed E-state index contributed by atoms with van der Waals surface area (Å²) in [4.78, 5) is 36.4. The molecule has 1 aliphatic heterocycles. The first-order valence-electron chi connectivity index (χ1n) is 10.8. The van der Waals surface area contributed by atoms with Gasteiger partial charge in [-0.15, -0.1) is 0 Å². The zero-order chi connectivity index (χ0) is 22.6. The van der Waals surface area contributed by atoms with Gasteiger partial charge in [-0.2, -0.15) is 0 Å². The highest BCUT2D eigenvalue weighted by molar-refractivity contribution is 5.89. The highest BCUT2D eigenvalue weighted by atomic mass is 16.5. The van der Waals surface area contributed by atoms with E-state index >= 15 is 0 Å². The molecule has 1 fully saturated rings. The molecule has 1 saturated heterocycles. The first-order chi connectivity index (χ1) is 15.6. The molecular weight excluding hydrogens is 410 g/mol. The van der Waals surface area contributed by atoms with Gasteiger partial charge < -0.3 is 25.4 Å². The second kappa shape index (κ2) is 12.5. The summed E-state index contributed by atoms with van der Waals surface area (Å²) in [5.74, 6) is -0.660. The van der Waals surface area contributed by atoms with Crippen molar-refractivity contribution in [3.8, 4) is 0 Å². The number of benzene rings is 2. The van der Waals surface area contributed by atoms with Crippen LogP contribution in [0.2, 0.25) is 0 Å². The molecule has 2 aromatic rings. The topological polar surface area (TPSA) is 116 Å². The minimum absolute atomic E-state index is 0.155. The number of nitrogens with one attached hydrogen (secondary N) is 3. The van der Waals surface area contributed by atoms with Gasteiger partial charge in [0.05, 0.1) is 6.04 Å². The van der Waals surface area contributed by atoms with E-state index in [4.69, 9.17) is 9.47 Å². The van der Waals surface area contributed by atoms with Crippen molar-refractivity contribution in [2.45, 2.75) is 44.6 Å².